The number of thiazole rings is 1. The smallest absolute Gasteiger partial charge is 0.135 e. The lowest BCUT2D eigenvalue weighted by atomic mass is 10.2. The van der Waals surface area contributed by atoms with E-state index in [-0.39, 0.29) is 0 Å². The minimum atomic E-state index is 0.542. The van der Waals surface area contributed by atoms with Crippen molar-refractivity contribution in [2.45, 2.75) is 0 Å². The molecule has 0 fully saturated rings. The summed E-state index contributed by atoms with van der Waals surface area (Å²) in [5.74, 6) is 0. The number of pyridine rings is 1. The van der Waals surface area contributed by atoms with E-state index in [1.165, 1.54) is 11.3 Å². The molecule has 90 valence electrons. The summed E-state index contributed by atoms with van der Waals surface area (Å²) < 4.78 is 1.08. The maximum absolute atomic E-state index is 9.29. The Labute approximate surface area is 114 Å². The van der Waals surface area contributed by atoms with Gasteiger partial charge in [-0.25, -0.2) is 4.98 Å². The number of hydrogen-bond donors (Lipinski definition) is 0. The first-order valence-corrected chi connectivity index (χ1v) is 6.57. The number of fused-ring (bicyclic) bond motifs is 1. The third kappa shape index (κ3) is 2.37. The van der Waals surface area contributed by atoms with E-state index in [2.05, 4.69) is 16.0 Å². The quantitative estimate of drug-likeness (QED) is 0.661. The van der Waals surface area contributed by atoms with E-state index in [1.54, 1.807) is 12.3 Å². The van der Waals surface area contributed by atoms with Crippen LogP contribution in [0.2, 0.25) is 0 Å². The molecule has 3 nitrogen and oxygen atoms in total. The standard InChI is InChI=1S/C15H9N3S/c16-10-11(9-12-5-3-4-8-17-12)15-18-13-6-1-2-7-14(13)19-15/h1-9H/b11-9-. The van der Waals surface area contributed by atoms with E-state index in [1.807, 2.05) is 42.5 Å². The second-order valence-corrected chi connectivity index (χ2v) is 4.94. The Balaban J connectivity index is 2.08. The van der Waals surface area contributed by atoms with Crippen molar-refractivity contribution in [2.24, 2.45) is 0 Å². The lowest BCUT2D eigenvalue weighted by Gasteiger charge is -1.93. The lowest BCUT2D eigenvalue weighted by Crippen LogP contribution is -1.82. The van der Waals surface area contributed by atoms with Gasteiger partial charge in [0.2, 0.25) is 0 Å². The summed E-state index contributed by atoms with van der Waals surface area (Å²) in [6.45, 7) is 0. The molecule has 0 aliphatic heterocycles. The van der Waals surface area contributed by atoms with E-state index in [0.717, 1.165) is 20.9 Å². The fourth-order valence-electron chi connectivity index (χ4n) is 1.74. The van der Waals surface area contributed by atoms with Crippen LogP contribution in [0.3, 0.4) is 0 Å². The zero-order valence-electron chi connectivity index (χ0n) is 9.95. The number of para-hydroxylation sites is 1. The monoisotopic (exact) mass is 263 g/mol. The Hall–Kier alpha value is -2.51. The van der Waals surface area contributed by atoms with Crippen molar-refractivity contribution in [1.29, 1.82) is 5.26 Å². The van der Waals surface area contributed by atoms with Crippen LogP contribution >= 0.6 is 11.3 Å². The van der Waals surface area contributed by atoms with Gasteiger partial charge in [-0.2, -0.15) is 5.26 Å². The van der Waals surface area contributed by atoms with Crippen LogP contribution in [0.25, 0.3) is 21.9 Å². The number of allylic oxidation sites excluding steroid dienone is 1. The zero-order chi connectivity index (χ0) is 13.1. The number of nitrogens with zero attached hydrogens (tertiary/aromatic N) is 3. The van der Waals surface area contributed by atoms with Crippen molar-refractivity contribution in [3.05, 3.63) is 59.4 Å². The molecule has 4 heteroatoms. The van der Waals surface area contributed by atoms with Gasteiger partial charge < -0.3 is 0 Å². The van der Waals surface area contributed by atoms with Crippen molar-refractivity contribution >= 4 is 33.2 Å². The largest absolute Gasteiger partial charge is 0.257 e. The molecule has 1 aromatic carbocycles. The molecule has 0 spiro atoms. The van der Waals surface area contributed by atoms with Gasteiger partial charge in [0, 0.05) is 6.20 Å². The van der Waals surface area contributed by atoms with Gasteiger partial charge >= 0.3 is 0 Å². The van der Waals surface area contributed by atoms with Crippen LogP contribution in [0.5, 0.6) is 0 Å². The minimum Gasteiger partial charge on any atom is -0.257 e. The first-order valence-electron chi connectivity index (χ1n) is 5.75. The molecule has 0 saturated heterocycles. The van der Waals surface area contributed by atoms with Gasteiger partial charge in [-0.1, -0.05) is 18.2 Å². The second kappa shape index (κ2) is 5.01. The zero-order valence-corrected chi connectivity index (χ0v) is 10.8. The van der Waals surface area contributed by atoms with Crippen molar-refractivity contribution in [3.63, 3.8) is 0 Å². The third-order valence-electron chi connectivity index (χ3n) is 2.62. The van der Waals surface area contributed by atoms with Crippen LogP contribution in [0.15, 0.2) is 48.7 Å². The molecule has 0 aliphatic rings. The molecule has 2 aromatic heterocycles. The Bertz CT molecular complexity index is 749. The lowest BCUT2D eigenvalue weighted by molar-refractivity contribution is 1.29. The second-order valence-electron chi connectivity index (χ2n) is 3.91. The van der Waals surface area contributed by atoms with Crippen LogP contribution in [0.4, 0.5) is 0 Å². The van der Waals surface area contributed by atoms with Crippen LogP contribution in [0, 0.1) is 11.3 Å². The Morgan fingerprint density at radius 1 is 1.16 bits per heavy atom. The fourth-order valence-corrected chi connectivity index (χ4v) is 2.67. The number of benzene rings is 1. The van der Waals surface area contributed by atoms with Crippen LogP contribution in [-0.2, 0) is 0 Å². The summed E-state index contributed by atoms with van der Waals surface area (Å²) >= 11 is 1.52. The highest BCUT2D eigenvalue weighted by atomic mass is 32.1. The van der Waals surface area contributed by atoms with Crippen molar-refractivity contribution in [1.82, 2.24) is 9.97 Å². The molecule has 2 heterocycles. The van der Waals surface area contributed by atoms with Gasteiger partial charge in [0.1, 0.15) is 11.1 Å². The summed E-state index contributed by atoms with van der Waals surface area (Å²) in [6, 6.07) is 15.7. The molecule has 0 atom stereocenters. The summed E-state index contributed by atoms with van der Waals surface area (Å²) in [6.07, 6.45) is 3.47. The number of rotatable bonds is 2. The SMILES string of the molecule is N#C/C(=C/c1ccccn1)c1nc2ccccc2s1. The number of hydrogen-bond acceptors (Lipinski definition) is 4. The third-order valence-corrected chi connectivity index (χ3v) is 3.69. The average Bonchev–Trinajstić information content (AvgIpc) is 2.89. The van der Waals surface area contributed by atoms with Gasteiger partial charge in [-0.05, 0) is 30.3 Å². The molecule has 0 aliphatic carbocycles. The molecule has 0 radical (unpaired) electrons. The fraction of sp³-hybridized carbons (Fsp3) is 0. The number of nitriles is 1. The molecule has 0 N–H and O–H groups in total. The van der Waals surface area contributed by atoms with Crippen LogP contribution in [-0.4, -0.2) is 9.97 Å². The molecular formula is C15H9N3S. The van der Waals surface area contributed by atoms with Gasteiger partial charge in [0.15, 0.2) is 0 Å². The molecular weight excluding hydrogens is 254 g/mol. The van der Waals surface area contributed by atoms with E-state index < -0.39 is 0 Å². The molecule has 0 unspecified atom stereocenters. The highest BCUT2D eigenvalue weighted by Crippen LogP contribution is 2.27. The minimum absolute atomic E-state index is 0.542. The Kier molecular flexibility index (Phi) is 3.05. The first-order chi connectivity index (χ1) is 9.36. The van der Waals surface area contributed by atoms with Crippen LogP contribution in [0.1, 0.15) is 10.7 Å². The van der Waals surface area contributed by atoms with Crippen molar-refractivity contribution < 1.29 is 0 Å². The Morgan fingerprint density at radius 3 is 2.74 bits per heavy atom. The number of aromatic nitrogens is 2. The highest BCUT2D eigenvalue weighted by molar-refractivity contribution is 7.19. The topological polar surface area (TPSA) is 49.6 Å². The highest BCUT2D eigenvalue weighted by Gasteiger charge is 2.08. The van der Waals surface area contributed by atoms with E-state index >= 15 is 0 Å². The summed E-state index contributed by atoms with van der Waals surface area (Å²) in [4.78, 5) is 8.68. The first kappa shape index (κ1) is 11.6. The van der Waals surface area contributed by atoms with E-state index in [9.17, 15) is 5.26 Å². The summed E-state index contributed by atoms with van der Waals surface area (Å²) in [5, 5.41) is 10.0. The van der Waals surface area contributed by atoms with Crippen molar-refractivity contribution in [3.8, 4) is 6.07 Å². The van der Waals surface area contributed by atoms with Crippen LogP contribution < -0.4 is 0 Å². The van der Waals surface area contributed by atoms with Crippen molar-refractivity contribution in [2.75, 3.05) is 0 Å². The van der Waals surface area contributed by atoms with Gasteiger partial charge in [-0.15, -0.1) is 11.3 Å². The maximum atomic E-state index is 9.29. The average molecular weight is 263 g/mol. The van der Waals surface area contributed by atoms with Gasteiger partial charge in [-0.3, -0.25) is 4.98 Å². The molecule has 19 heavy (non-hydrogen) atoms. The summed E-state index contributed by atoms with van der Waals surface area (Å²) in [7, 11) is 0. The predicted octanol–water partition coefficient (Wildman–Crippen LogP) is 3.76. The molecule has 0 saturated carbocycles. The normalized spacial score (nSPS) is 11.4. The summed E-state index contributed by atoms with van der Waals surface area (Å²) in [5.41, 5.74) is 2.22. The van der Waals surface area contributed by atoms with E-state index in [0.29, 0.717) is 5.57 Å². The van der Waals surface area contributed by atoms with E-state index in [4.69, 9.17) is 0 Å². The molecule has 3 rings (SSSR count). The maximum Gasteiger partial charge on any atom is 0.135 e. The van der Waals surface area contributed by atoms with Gasteiger partial charge in [0.25, 0.3) is 0 Å². The predicted molar refractivity (Wildman–Crippen MR) is 77.3 cm³/mol. The molecule has 0 amide bonds. The molecule has 3 aromatic rings. The van der Waals surface area contributed by atoms with Gasteiger partial charge in [0.05, 0.1) is 21.5 Å². The Morgan fingerprint density at radius 2 is 2.00 bits per heavy atom. The molecule has 0 bridgehead atoms.